The molecule has 116 valence electrons. The van der Waals surface area contributed by atoms with Crippen LogP contribution in [-0.4, -0.2) is 29.6 Å². The molecule has 1 heterocycles. The Bertz CT molecular complexity index is 455. The molecule has 0 aromatic heterocycles. The van der Waals surface area contributed by atoms with Crippen LogP contribution < -0.4 is 0 Å². The van der Waals surface area contributed by atoms with Crippen LogP contribution in [0.1, 0.15) is 50.5 Å². The Morgan fingerprint density at radius 1 is 1.05 bits per heavy atom. The molecular weight excluding hydrogens is 282 g/mol. The van der Waals surface area contributed by atoms with E-state index in [1.165, 1.54) is 38.8 Å². The predicted molar refractivity (Wildman–Crippen MR) is 87.6 cm³/mol. The van der Waals surface area contributed by atoms with Crippen LogP contribution in [0.25, 0.3) is 0 Å². The number of hydrogen-bond acceptors (Lipinski definition) is 2. The summed E-state index contributed by atoms with van der Waals surface area (Å²) < 4.78 is 0. The first-order valence-corrected chi connectivity index (χ1v) is 8.77. The molecule has 3 rings (SSSR count). The molecule has 1 aliphatic carbocycles. The van der Waals surface area contributed by atoms with E-state index in [2.05, 4.69) is 4.90 Å². The maximum Gasteiger partial charge on any atom is 0.0936 e. The van der Waals surface area contributed by atoms with Crippen LogP contribution in [0, 0.1) is 5.92 Å². The topological polar surface area (TPSA) is 23.5 Å². The van der Waals surface area contributed by atoms with Gasteiger partial charge in [0, 0.05) is 17.5 Å². The molecule has 1 saturated heterocycles. The van der Waals surface area contributed by atoms with E-state index in [0.29, 0.717) is 5.92 Å². The number of rotatable bonds is 3. The van der Waals surface area contributed by atoms with Crippen molar-refractivity contribution in [1.29, 1.82) is 0 Å². The molecule has 1 N–H and O–H groups in total. The summed E-state index contributed by atoms with van der Waals surface area (Å²) in [5, 5.41) is 12.2. The van der Waals surface area contributed by atoms with Gasteiger partial charge in [-0.3, -0.25) is 0 Å². The van der Waals surface area contributed by atoms with Crippen molar-refractivity contribution < 1.29 is 5.11 Å². The highest BCUT2D eigenvalue weighted by atomic mass is 35.5. The Morgan fingerprint density at radius 3 is 2.48 bits per heavy atom. The molecule has 2 nitrogen and oxygen atoms in total. The minimum atomic E-state index is -0.677. The second kappa shape index (κ2) is 6.68. The molecule has 2 aliphatic rings. The molecular formula is C18H26ClNO. The molecule has 0 spiro atoms. The van der Waals surface area contributed by atoms with E-state index >= 15 is 0 Å². The summed E-state index contributed by atoms with van der Waals surface area (Å²) in [4.78, 5) is 2.54. The monoisotopic (exact) mass is 307 g/mol. The quantitative estimate of drug-likeness (QED) is 0.846. The van der Waals surface area contributed by atoms with Gasteiger partial charge in [-0.05, 0) is 56.5 Å². The zero-order chi connectivity index (χ0) is 14.7. The number of aliphatic hydroxyl groups is 1. The summed E-state index contributed by atoms with van der Waals surface area (Å²) >= 11 is 6.01. The molecule has 0 amide bonds. The van der Waals surface area contributed by atoms with Gasteiger partial charge >= 0.3 is 0 Å². The molecule has 0 radical (unpaired) electrons. The number of hydrogen-bond donors (Lipinski definition) is 1. The lowest BCUT2D eigenvalue weighted by atomic mass is 9.77. The molecule has 2 unspecified atom stereocenters. The number of nitrogens with zero attached hydrogens (tertiary/aromatic N) is 1. The molecule has 0 bridgehead atoms. The average Bonchev–Trinajstić information content (AvgIpc) is 2.92. The lowest BCUT2D eigenvalue weighted by molar-refractivity contribution is -0.0410. The second-order valence-corrected chi connectivity index (χ2v) is 7.17. The maximum absolute atomic E-state index is 11.5. The van der Waals surface area contributed by atoms with Crippen LogP contribution in [0.4, 0.5) is 0 Å². The van der Waals surface area contributed by atoms with Gasteiger partial charge in [0.15, 0.2) is 0 Å². The van der Waals surface area contributed by atoms with Crippen LogP contribution in [0.15, 0.2) is 24.3 Å². The van der Waals surface area contributed by atoms with Crippen LogP contribution in [0.3, 0.4) is 0 Å². The summed E-state index contributed by atoms with van der Waals surface area (Å²) in [7, 11) is 0. The number of benzene rings is 1. The maximum atomic E-state index is 11.5. The van der Waals surface area contributed by atoms with Crippen LogP contribution in [0.2, 0.25) is 5.02 Å². The van der Waals surface area contributed by atoms with Crippen molar-refractivity contribution in [3.05, 3.63) is 34.9 Å². The van der Waals surface area contributed by atoms with Gasteiger partial charge in [-0.1, -0.05) is 43.0 Å². The first-order chi connectivity index (χ1) is 10.2. The van der Waals surface area contributed by atoms with E-state index in [0.717, 1.165) is 36.4 Å². The third-order valence-electron chi connectivity index (χ3n) is 5.31. The van der Waals surface area contributed by atoms with Gasteiger partial charge in [0.2, 0.25) is 0 Å². The number of likely N-dealkylation sites (tertiary alicyclic amines) is 1. The van der Waals surface area contributed by atoms with Gasteiger partial charge in [-0.15, -0.1) is 0 Å². The minimum Gasteiger partial charge on any atom is -0.385 e. The summed E-state index contributed by atoms with van der Waals surface area (Å²) in [6.45, 7) is 3.44. The van der Waals surface area contributed by atoms with Gasteiger partial charge in [0.05, 0.1) is 5.60 Å². The van der Waals surface area contributed by atoms with E-state index in [9.17, 15) is 5.11 Å². The zero-order valence-corrected chi connectivity index (χ0v) is 13.5. The fraction of sp³-hybridized carbons (Fsp3) is 0.667. The Balaban J connectivity index is 1.83. The molecule has 2 atom stereocenters. The Hall–Kier alpha value is -0.570. The summed E-state index contributed by atoms with van der Waals surface area (Å²) in [5.41, 5.74) is 0.377. The fourth-order valence-electron chi connectivity index (χ4n) is 4.04. The Labute approximate surface area is 133 Å². The van der Waals surface area contributed by atoms with Gasteiger partial charge in [0.1, 0.15) is 0 Å². The summed E-state index contributed by atoms with van der Waals surface area (Å²) in [6.07, 6.45) is 8.25. The van der Waals surface area contributed by atoms with Crippen LogP contribution in [-0.2, 0) is 5.60 Å². The van der Waals surface area contributed by atoms with E-state index < -0.39 is 5.60 Å². The third kappa shape index (κ3) is 3.44. The van der Waals surface area contributed by atoms with Gasteiger partial charge in [0.25, 0.3) is 0 Å². The average molecular weight is 308 g/mol. The SMILES string of the molecule is OC1(c2ccc(Cl)cc2)CCCCCC1CN1CCCC1. The standard InChI is InChI=1S/C18H26ClNO/c19-17-9-7-15(8-10-17)18(21)11-3-1-2-6-16(18)14-20-12-4-5-13-20/h7-10,16,21H,1-6,11-14H2. The van der Waals surface area contributed by atoms with Crippen molar-refractivity contribution in [3.8, 4) is 0 Å². The normalized spacial score (nSPS) is 31.2. The van der Waals surface area contributed by atoms with Crippen molar-refractivity contribution in [1.82, 2.24) is 4.90 Å². The van der Waals surface area contributed by atoms with Crippen molar-refractivity contribution >= 4 is 11.6 Å². The molecule has 1 aromatic carbocycles. The molecule has 3 heteroatoms. The van der Waals surface area contributed by atoms with E-state index in [-0.39, 0.29) is 0 Å². The molecule has 1 aromatic rings. The lowest BCUT2D eigenvalue weighted by Gasteiger charge is -2.38. The molecule has 2 fully saturated rings. The van der Waals surface area contributed by atoms with E-state index in [1.54, 1.807) is 0 Å². The minimum absolute atomic E-state index is 0.347. The largest absolute Gasteiger partial charge is 0.385 e. The molecule has 1 saturated carbocycles. The highest BCUT2D eigenvalue weighted by Gasteiger charge is 2.40. The van der Waals surface area contributed by atoms with Crippen molar-refractivity contribution in [2.45, 2.75) is 50.5 Å². The number of halogens is 1. The van der Waals surface area contributed by atoms with Crippen LogP contribution >= 0.6 is 11.6 Å². The fourth-order valence-corrected chi connectivity index (χ4v) is 4.17. The van der Waals surface area contributed by atoms with E-state index in [4.69, 9.17) is 11.6 Å². The summed E-state index contributed by atoms with van der Waals surface area (Å²) in [6, 6.07) is 7.86. The summed E-state index contributed by atoms with van der Waals surface area (Å²) in [5.74, 6) is 0.347. The van der Waals surface area contributed by atoms with E-state index in [1.807, 2.05) is 24.3 Å². The first-order valence-electron chi connectivity index (χ1n) is 8.39. The van der Waals surface area contributed by atoms with Crippen molar-refractivity contribution in [2.24, 2.45) is 5.92 Å². The van der Waals surface area contributed by atoms with Gasteiger partial charge < -0.3 is 10.0 Å². The van der Waals surface area contributed by atoms with Gasteiger partial charge in [-0.25, -0.2) is 0 Å². The third-order valence-corrected chi connectivity index (χ3v) is 5.56. The molecule has 1 aliphatic heterocycles. The highest BCUT2D eigenvalue weighted by Crippen LogP contribution is 2.41. The zero-order valence-electron chi connectivity index (χ0n) is 12.7. The van der Waals surface area contributed by atoms with Crippen molar-refractivity contribution in [3.63, 3.8) is 0 Å². The molecule has 21 heavy (non-hydrogen) atoms. The smallest absolute Gasteiger partial charge is 0.0936 e. The Kier molecular flexibility index (Phi) is 4.88. The van der Waals surface area contributed by atoms with Crippen LogP contribution in [0.5, 0.6) is 0 Å². The van der Waals surface area contributed by atoms with Crippen molar-refractivity contribution in [2.75, 3.05) is 19.6 Å². The lowest BCUT2D eigenvalue weighted by Crippen LogP contribution is -2.41. The first kappa shape index (κ1) is 15.3. The second-order valence-electron chi connectivity index (χ2n) is 6.74. The highest BCUT2D eigenvalue weighted by molar-refractivity contribution is 6.30. The predicted octanol–water partition coefficient (Wildman–Crippen LogP) is 4.20. The van der Waals surface area contributed by atoms with Gasteiger partial charge in [-0.2, -0.15) is 0 Å². The Morgan fingerprint density at radius 2 is 1.76 bits per heavy atom.